The molecule has 4 heteroatoms. The quantitative estimate of drug-likeness (QED) is 0.486. The van der Waals surface area contributed by atoms with Crippen LogP contribution in [0.3, 0.4) is 0 Å². The molecule has 1 rings (SSSR count). The molecule has 0 aliphatic carbocycles. The molecule has 0 aliphatic heterocycles. The van der Waals surface area contributed by atoms with Gasteiger partial charge in [-0.1, -0.05) is 0 Å². The van der Waals surface area contributed by atoms with Crippen molar-refractivity contribution in [3.63, 3.8) is 0 Å². The molecule has 0 radical (unpaired) electrons. The Hall–Kier alpha value is -1.54. The molecule has 0 bridgehead atoms. The molecule has 12 heavy (non-hydrogen) atoms. The lowest BCUT2D eigenvalue weighted by Crippen LogP contribution is -1.96. The van der Waals surface area contributed by atoms with E-state index in [1.807, 2.05) is 6.92 Å². The number of aliphatic imine (C=N–C) groups is 1. The van der Waals surface area contributed by atoms with Gasteiger partial charge in [-0.05, 0) is 18.9 Å². The van der Waals surface area contributed by atoms with E-state index >= 15 is 0 Å². The van der Waals surface area contributed by atoms with Crippen LogP contribution in [-0.4, -0.2) is 22.6 Å². The van der Waals surface area contributed by atoms with Gasteiger partial charge in [0.15, 0.2) is 0 Å². The van der Waals surface area contributed by atoms with Crippen LogP contribution in [0.4, 0.5) is 0 Å². The van der Waals surface area contributed by atoms with Gasteiger partial charge in [0.1, 0.15) is 6.33 Å². The number of aryl methyl sites for hydroxylation is 1. The van der Waals surface area contributed by atoms with Crippen molar-refractivity contribution in [3.8, 4) is 0 Å². The zero-order valence-corrected chi connectivity index (χ0v) is 6.82. The van der Waals surface area contributed by atoms with Crippen molar-refractivity contribution >= 4 is 6.08 Å². The van der Waals surface area contributed by atoms with Gasteiger partial charge in [0.2, 0.25) is 6.08 Å². The predicted octanol–water partition coefficient (Wildman–Crippen LogP) is 0.663. The zero-order valence-electron chi connectivity index (χ0n) is 6.82. The molecule has 0 aromatic carbocycles. The third-order valence-corrected chi connectivity index (χ3v) is 1.57. The van der Waals surface area contributed by atoms with Gasteiger partial charge in [0.25, 0.3) is 0 Å². The van der Waals surface area contributed by atoms with Crippen molar-refractivity contribution in [2.45, 2.75) is 13.3 Å². The summed E-state index contributed by atoms with van der Waals surface area (Å²) in [5.74, 6) is 0. The molecule has 0 saturated carbocycles. The SMILES string of the molecule is Cc1ncncc1CCN=C=O. The number of hydrogen-bond donors (Lipinski definition) is 0. The van der Waals surface area contributed by atoms with Gasteiger partial charge in [-0.2, -0.15) is 0 Å². The van der Waals surface area contributed by atoms with Crippen LogP contribution in [0.1, 0.15) is 11.3 Å². The molecule has 0 amide bonds. The number of rotatable bonds is 3. The van der Waals surface area contributed by atoms with Crippen LogP contribution in [0.25, 0.3) is 0 Å². The second-order valence-electron chi connectivity index (χ2n) is 2.36. The van der Waals surface area contributed by atoms with Crippen LogP contribution in [0, 0.1) is 6.92 Å². The first kappa shape index (κ1) is 8.56. The van der Waals surface area contributed by atoms with Crippen molar-refractivity contribution in [3.05, 3.63) is 23.8 Å². The largest absolute Gasteiger partial charge is 0.245 e. The summed E-state index contributed by atoms with van der Waals surface area (Å²) in [6.45, 7) is 2.36. The number of carbonyl (C=O) groups excluding carboxylic acids is 1. The molecule has 1 heterocycles. The van der Waals surface area contributed by atoms with Gasteiger partial charge in [-0.25, -0.2) is 19.8 Å². The fourth-order valence-electron chi connectivity index (χ4n) is 0.887. The fourth-order valence-corrected chi connectivity index (χ4v) is 0.887. The standard InChI is InChI=1S/C8H9N3O/c1-7-8(2-3-9-6-12)4-10-5-11-7/h4-5H,2-3H2,1H3. The van der Waals surface area contributed by atoms with Crippen molar-refractivity contribution in [1.29, 1.82) is 0 Å². The molecule has 0 atom stereocenters. The highest BCUT2D eigenvalue weighted by Gasteiger charge is 1.96. The lowest BCUT2D eigenvalue weighted by molar-refractivity contribution is 0.563. The summed E-state index contributed by atoms with van der Waals surface area (Å²) in [7, 11) is 0. The van der Waals surface area contributed by atoms with Crippen LogP contribution in [-0.2, 0) is 11.2 Å². The Balaban J connectivity index is 2.62. The summed E-state index contributed by atoms with van der Waals surface area (Å²) < 4.78 is 0. The highest BCUT2D eigenvalue weighted by molar-refractivity contribution is 5.33. The number of nitrogens with zero attached hydrogens (tertiary/aromatic N) is 3. The molecule has 62 valence electrons. The highest BCUT2D eigenvalue weighted by atomic mass is 16.1. The van der Waals surface area contributed by atoms with E-state index in [-0.39, 0.29) is 0 Å². The summed E-state index contributed by atoms with van der Waals surface area (Å²) in [6.07, 6.45) is 5.43. The van der Waals surface area contributed by atoms with Crippen molar-refractivity contribution in [1.82, 2.24) is 9.97 Å². The molecule has 4 nitrogen and oxygen atoms in total. The molecule has 0 saturated heterocycles. The first-order valence-electron chi connectivity index (χ1n) is 3.63. The molecule has 0 fully saturated rings. The first-order chi connectivity index (χ1) is 5.84. The van der Waals surface area contributed by atoms with E-state index < -0.39 is 0 Å². The Labute approximate surface area is 70.4 Å². The van der Waals surface area contributed by atoms with Crippen molar-refractivity contribution in [2.24, 2.45) is 4.99 Å². The van der Waals surface area contributed by atoms with Crippen molar-refractivity contribution < 1.29 is 4.79 Å². The van der Waals surface area contributed by atoms with E-state index in [1.54, 1.807) is 6.20 Å². The van der Waals surface area contributed by atoms with Gasteiger partial charge in [-0.3, -0.25) is 0 Å². The summed E-state index contributed by atoms with van der Waals surface area (Å²) in [6, 6.07) is 0. The van der Waals surface area contributed by atoms with Gasteiger partial charge in [-0.15, -0.1) is 0 Å². The highest BCUT2D eigenvalue weighted by Crippen LogP contribution is 2.01. The summed E-state index contributed by atoms with van der Waals surface area (Å²) in [5.41, 5.74) is 1.96. The third-order valence-electron chi connectivity index (χ3n) is 1.57. The molecule has 1 aromatic rings. The summed E-state index contributed by atoms with van der Waals surface area (Å²) in [4.78, 5) is 21.1. The first-order valence-corrected chi connectivity index (χ1v) is 3.63. The molecular formula is C8H9N3O. The number of isocyanates is 1. The second-order valence-corrected chi connectivity index (χ2v) is 2.36. The third kappa shape index (κ3) is 2.25. The van der Waals surface area contributed by atoms with Crippen LogP contribution >= 0.6 is 0 Å². The molecule has 0 unspecified atom stereocenters. The maximum Gasteiger partial charge on any atom is 0.234 e. The maximum atomic E-state index is 9.76. The van der Waals surface area contributed by atoms with Crippen LogP contribution < -0.4 is 0 Å². The van der Waals surface area contributed by atoms with Gasteiger partial charge < -0.3 is 0 Å². The molecule has 0 N–H and O–H groups in total. The number of hydrogen-bond acceptors (Lipinski definition) is 4. The normalized spacial score (nSPS) is 9.08. The van der Waals surface area contributed by atoms with E-state index in [9.17, 15) is 4.79 Å². The second kappa shape index (κ2) is 4.36. The summed E-state index contributed by atoms with van der Waals surface area (Å²) in [5, 5.41) is 0. The molecule has 0 spiro atoms. The molecule has 1 aromatic heterocycles. The summed E-state index contributed by atoms with van der Waals surface area (Å²) >= 11 is 0. The maximum absolute atomic E-state index is 9.76. The fraction of sp³-hybridized carbons (Fsp3) is 0.375. The van der Waals surface area contributed by atoms with E-state index in [2.05, 4.69) is 15.0 Å². The predicted molar refractivity (Wildman–Crippen MR) is 43.5 cm³/mol. The number of aromatic nitrogens is 2. The minimum absolute atomic E-state index is 0.456. The van der Waals surface area contributed by atoms with E-state index in [0.29, 0.717) is 13.0 Å². The topological polar surface area (TPSA) is 55.2 Å². The van der Waals surface area contributed by atoms with Crippen LogP contribution in [0.15, 0.2) is 17.5 Å². The van der Waals surface area contributed by atoms with Gasteiger partial charge in [0, 0.05) is 11.9 Å². The average Bonchev–Trinajstić information content (AvgIpc) is 2.09. The monoisotopic (exact) mass is 163 g/mol. The van der Waals surface area contributed by atoms with Crippen LogP contribution in [0.2, 0.25) is 0 Å². The van der Waals surface area contributed by atoms with E-state index in [1.165, 1.54) is 12.4 Å². The Morgan fingerprint density at radius 2 is 2.50 bits per heavy atom. The lowest BCUT2D eigenvalue weighted by Gasteiger charge is -1.98. The Morgan fingerprint density at radius 3 is 3.17 bits per heavy atom. The Kier molecular flexibility index (Phi) is 3.11. The molecular weight excluding hydrogens is 154 g/mol. The van der Waals surface area contributed by atoms with Gasteiger partial charge in [0.05, 0.1) is 6.54 Å². The minimum atomic E-state index is 0.456. The smallest absolute Gasteiger partial charge is 0.234 e. The van der Waals surface area contributed by atoms with E-state index in [0.717, 1.165) is 11.3 Å². The Bertz CT molecular complexity index is 305. The Morgan fingerprint density at radius 1 is 1.67 bits per heavy atom. The van der Waals surface area contributed by atoms with Crippen LogP contribution in [0.5, 0.6) is 0 Å². The zero-order chi connectivity index (χ0) is 8.81. The average molecular weight is 163 g/mol. The van der Waals surface area contributed by atoms with Gasteiger partial charge >= 0.3 is 0 Å². The molecule has 0 aliphatic rings. The van der Waals surface area contributed by atoms with E-state index in [4.69, 9.17) is 0 Å². The van der Waals surface area contributed by atoms with Crippen molar-refractivity contribution in [2.75, 3.05) is 6.54 Å². The lowest BCUT2D eigenvalue weighted by atomic mass is 10.2. The minimum Gasteiger partial charge on any atom is -0.245 e.